The van der Waals surface area contributed by atoms with Crippen molar-refractivity contribution in [1.82, 2.24) is 5.32 Å². The third-order valence-electron chi connectivity index (χ3n) is 2.53. The maximum Gasteiger partial charge on any atom is 0.420 e. The summed E-state index contributed by atoms with van der Waals surface area (Å²) in [5.41, 5.74) is 9.14. The average Bonchev–Trinajstić information content (AvgIpc) is 2.53. The summed E-state index contributed by atoms with van der Waals surface area (Å²) in [6, 6.07) is 7.39. The van der Waals surface area contributed by atoms with Gasteiger partial charge in [0.1, 0.15) is 0 Å². The minimum atomic E-state index is -2.28. The van der Waals surface area contributed by atoms with Crippen molar-refractivity contribution in [2.24, 2.45) is 0 Å². The van der Waals surface area contributed by atoms with Gasteiger partial charge in [0.15, 0.2) is 0 Å². The molecule has 0 saturated carbocycles. The van der Waals surface area contributed by atoms with Crippen LogP contribution in [-0.4, -0.2) is 38.8 Å². The van der Waals surface area contributed by atoms with Crippen molar-refractivity contribution in [2.75, 3.05) is 6.61 Å². The van der Waals surface area contributed by atoms with Gasteiger partial charge in [-0.25, -0.2) is 4.79 Å². The molecule has 0 aliphatic carbocycles. The van der Waals surface area contributed by atoms with Crippen LogP contribution in [0.5, 0.6) is 0 Å². The maximum absolute atomic E-state index is 11.8. The number of halogens is 3. The smallest absolute Gasteiger partial charge is 0.420 e. The lowest BCUT2D eigenvalue weighted by Gasteiger charge is -2.13. The van der Waals surface area contributed by atoms with Crippen LogP contribution < -0.4 is 5.32 Å². The number of alkyl halides is 3. The molecular formula is C15H12Cl3N3O3. The quantitative estimate of drug-likeness (QED) is 0.214. The Morgan fingerprint density at radius 2 is 1.96 bits per heavy atom. The van der Waals surface area contributed by atoms with Crippen molar-refractivity contribution in [2.45, 2.75) is 16.8 Å². The molecule has 0 aromatic heterocycles. The lowest BCUT2D eigenvalue weighted by atomic mass is 10.1. The van der Waals surface area contributed by atoms with Crippen LogP contribution in [0.3, 0.4) is 0 Å². The highest BCUT2D eigenvalue weighted by Crippen LogP contribution is 2.26. The molecule has 0 saturated heterocycles. The molecule has 0 bridgehead atoms. The highest BCUT2D eigenvalue weighted by Gasteiger charge is 2.38. The summed E-state index contributed by atoms with van der Waals surface area (Å²) < 4.78 is 2.47. The molecule has 0 aliphatic heterocycles. The monoisotopic (exact) mass is 387 g/mol. The highest BCUT2D eigenvalue weighted by molar-refractivity contribution is 6.76. The van der Waals surface area contributed by atoms with E-state index in [4.69, 9.17) is 45.1 Å². The number of hydrogen-bond donors (Lipinski definition) is 1. The van der Waals surface area contributed by atoms with Gasteiger partial charge in [-0.3, -0.25) is 4.79 Å². The normalized spacial score (nSPS) is 11.3. The standard InChI is InChI=1S/C15H12Cl3N3O3/c1-2-24-13(22)12(21-19)11(20-14(23)15(16,17)18)9-8-10-6-4-3-5-7-10/h3-7,11H,2H2,1H3,(H,20,23). The van der Waals surface area contributed by atoms with Crippen molar-refractivity contribution in [3.8, 4) is 11.8 Å². The Morgan fingerprint density at radius 1 is 1.33 bits per heavy atom. The van der Waals surface area contributed by atoms with Crippen LogP contribution in [-0.2, 0) is 14.3 Å². The van der Waals surface area contributed by atoms with Gasteiger partial charge in [0.2, 0.25) is 6.04 Å². The molecule has 1 rings (SSSR count). The summed E-state index contributed by atoms with van der Waals surface area (Å²) in [4.78, 5) is 26.5. The molecule has 126 valence electrons. The molecule has 1 aromatic carbocycles. The number of ether oxygens (including phenoxy) is 1. The van der Waals surface area contributed by atoms with E-state index in [1.54, 1.807) is 37.3 Å². The van der Waals surface area contributed by atoms with Gasteiger partial charge in [-0.2, -0.15) is 4.79 Å². The van der Waals surface area contributed by atoms with Gasteiger partial charge in [0.05, 0.1) is 6.61 Å². The predicted molar refractivity (Wildman–Crippen MR) is 90.8 cm³/mol. The van der Waals surface area contributed by atoms with Crippen LogP contribution in [0.25, 0.3) is 5.53 Å². The zero-order chi connectivity index (χ0) is 18.2. The number of benzene rings is 1. The van der Waals surface area contributed by atoms with Crippen LogP contribution in [0.15, 0.2) is 30.3 Å². The number of carbonyl (C=O) groups is 2. The Bertz CT molecular complexity index is 714. The molecule has 0 spiro atoms. The van der Waals surface area contributed by atoms with Gasteiger partial charge in [0.25, 0.3) is 9.70 Å². The number of amides is 1. The van der Waals surface area contributed by atoms with Crippen LogP contribution >= 0.6 is 34.8 Å². The Kier molecular flexibility index (Phi) is 7.76. The van der Waals surface area contributed by atoms with E-state index in [9.17, 15) is 9.59 Å². The Balaban J connectivity index is 3.16. The summed E-state index contributed by atoms with van der Waals surface area (Å²) in [5, 5.41) is 2.22. The number of rotatable bonds is 4. The molecule has 1 N–H and O–H groups in total. The number of esters is 1. The van der Waals surface area contributed by atoms with Gasteiger partial charge in [-0.15, -0.1) is 0 Å². The molecule has 1 aromatic rings. The Hall–Kier alpha value is -2.03. The second-order valence-electron chi connectivity index (χ2n) is 4.25. The molecule has 1 amide bonds. The SMILES string of the molecule is CCOC(=O)C(=[N+]=[N-])C(C#Cc1ccccc1)NC(=O)C(Cl)(Cl)Cl. The summed E-state index contributed by atoms with van der Waals surface area (Å²) in [6.07, 6.45) is 0. The first-order valence-electron chi connectivity index (χ1n) is 6.63. The maximum atomic E-state index is 11.8. The van der Waals surface area contributed by atoms with E-state index in [1.165, 1.54) is 0 Å². The highest BCUT2D eigenvalue weighted by atomic mass is 35.6. The summed E-state index contributed by atoms with van der Waals surface area (Å²) in [7, 11) is 0. The molecular weight excluding hydrogens is 377 g/mol. The van der Waals surface area contributed by atoms with Crippen molar-refractivity contribution in [3.63, 3.8) is 0 Å². The second kappa shape index (κ2) is 9.31. The second-order valence-corrected chi connectivity index (χ2v) is 6.53. The molecule has 0 aliphatic rings. The first kappa shape index (κ1) is 20.0. The summed E-state index contributed by atoms with van der Waals surface area (Å²) in [5.74, 6) is 3.30. The van der Waals surface area contributed by atoms with Crippen LogP contribution in [0, 0.1) is 11.8 Å². The third kappa shape index (κ3) is 6.23. The molecule has 0 fully saturated rings. The molecule has 1 atom stereocenters. The Labute approximate surface area is 153 Å². The van der Waals surface area contributed by atoms with Gasteiger partial charge in [-0.1, -0.05) is 64.8 Å². The molecule has 1 unspecified atom stereocenters. The molecule has 0 heterocycles. The zero-order valence-electron chi connectivity index (χ0n) is 12.4. The van der Waals surface area contributed by atoms with Crippen molar-refractivity contribution < 1.29 is 19.1 Å². The topological polar surface area (TPSA) is 91.8 Å². The number of nitrogens with zero attached hydrogens (tertiary/aromatic N) is 2. The molecule has 0 radical (unpaired) electrons. The largest absolute Gasteiger partial charge is 0.457 e. The Morgan fingerprint density at radius 3 is 2.46 bits per heavy atom. The molecule has 24 heavy (non-hydrogen) atoms. The lowest BCUT2D eigenvalue weighted by molar-refractivity contribution is -0.140. The minimum Gasteiger partial charge on any atom is -0.457 e. The van der Waals surface area contributed by atoms with Gasteiger partial charge in [0, 0.05) is 5.56 Å². The van der Waals surface area contributed by atoms with Crippen molar-refractivity contribution in [1.29, 1.82) is 0 Å². The van der Waals surface area contributed by atoms with Gasteiger partial charge in [-0.05, 0) is 19.1 Å². The van der Waals surface area contributed by atoms with Gasteiger partial charge < -0.3 is 15.6 Å². The van der Waals surface area contributed by atoms with E-state index in [-0.39, 0.29) is 6.61 Å². The fourth-order valence-corrected chi connectivity index (χ4v) is 1.65. The van der Waals surface area contributed by atoms with Gasteiger partial charge >= 0.3 is 11.7 Å². The van der Waals surface area contributed by atoms with E-state index in [0.717, 1.165) is 0 Å². The van der Waals surface area contributed by atoms with Crippen LogP contribution in [0.4, 0.5) is 0 Å². The number of hydrogen-bond acceptors (Lipinski definition) is 3. The summed E-state index contributed by atoms with van der Waals surface area (Å²) >= 11 is 16.5. The number of carbonyl (C=O) groups excluding carboxylic acids is 2. The predicted octanol–water partition coefficient (Wildman–Crippen LogP) is 2.13. The zero-order valence-corrected chi connectivity index (χ0v) is 14.7. The first-order chi connectivity index (χ1) is 11.3. The summed E-state index contributed by atoms with van der Waals surface area (Å²) in [6.45, 7) is 1.60. The minimum absolute atomic E-state index is 0.0368. The molecule has 6 nitrogen and oxygen atoms in total. The average molecular weight is 389 g/mol. The van der Waals surface area contributed by atoms with E-state index in [1.807, 2.05) is 0 Å². The van der Waals surface area contributed by atoms with Crippen molar-refractivity contribution in [3.05, 3.63) is 41.4 Å². The van der Waals surface area contributed by atoms with E-state index in [2.05, 4.69) is 21.9 Å². The number of nitrogens with one attached hydrogen (secondary N) is 1. The van der Waals surface area contributed by atoms with E-state index in [0.29, 0.717) is 5.56 Å². The van der Waals surface area contributed by atoms with Crippen LogP contribution in [0.1, 0.15) is 12.5 Å². The third-order valence-corrected chi connectivity index (χ3v) is 3.05. The van der Waals surface area contributed by atoms with Crippen molar-refractivity contribution >= 4 is 52.4 Å². The lowest BCUT2D eigenvalue weighted by Crippen LogP contribution is -2.48. The van der Waals surface area contributed by atoms with Crippen LogP contribution in [0.2, 0.25) is 0 Å². The molecule has 9 heteroatoms. The first-order valence-corrected chi connectivity index (χ1v) is 7.76. The van der Waals surface area contributed by atoms with E-state index < -0.39 is 27.4 Å². The fraction of sp³-hybridized carbons (Fsp3) is 0.267. The fourth-order valence-electron chi connectivity index (χ4n) is 1.48. The van der Waals surface area contributed by atoms with E-state index >= 15 is 0 Å².